The first-order valence-corrected chi connectivity index (χ1v) is 9.72. The Bertz CT molecular complexity index is 933. The monoisotopic (exact) mass is 427 g/mol. The summed E-state index contributed by atoms with van der Waals surface area (Å²) in [4.78, 5) is 35.5. The van der Waals surface area contributed by atoms with Crippen LogP contribution in [0.4, 0.5) is 20.6 Å². The standard InChI is InChI=1S/C23H26FN3O4/c1-23(2,3)31-22(30)25-15-14-21(29)27-19-11-9-18(10-12-19)26-20(28)13-6-16-4-7-17(24)8-5-16/h4-13H,14-15H2,1-3H3,(H,25,30)(H,26,28)(H,27,29)/b13-6+. The number of amides is 3. The first kappa shape index (κ1) is 23.6. The predicted octanol–water partition coefficient (Wildman–Crippen LogP) is 4.33. The van der Waals surface area contributed by atoms with Crippen molar-refractivity contribution in [3.63, 3.8) is 0 Å². The summed E-state index contributed by atoms with van der Waals surface area (Å²) in [5.74, 6) is -0.947. The molecule has 0 saturated carbocycles. The predicted molar refractivity (Wildman–Crippen MR) is 118 cm³/mol. The minimum absolute atomic E-state index is 0.0892. The Labute approximate surface area is 180 Å². The maximum atomic E-state index is 12.9. The lowest BCUT2D eigenvalue weighted by Crippen LogP contribution is -2.34. The molecule has 0 bridgehead atoms. The SMILES string of the molecule is CC(C)(C)OC(=O)NCCC(=O)Nc1ccc(NC(=O)/C=C/c2ccc(F)cc2)cc1. The zero-order valence-corrected chi connectivity index (χ0v) is 17.7. The van der Waals surface area contributed by atoms with Crippen molar-refractivity contribution >= 4 is 35.4 Å². The topological polar surface area (TPSA) is 96.5 Å². The Morgan fingerprint density at radius 1 is 0.935 bits per heavy atom. The van der Waals surface area contributed by atoms with Crippen molar-refractivity contribution in [3.8, 4) is 0 Å². The molecule has 0 aromatic heterocycles. The molecule has 0 heterocycles. The highest BCUT2D eigenvalue weighted by molar-refractivity contribution is 6.02. The van der Waals surface area contributed by atoms with E-state index in [1.165, 1.54) is 18.2 Å². The number of benzene rings is 2. The van der Waals surface area contributed by atoms with Crippen molar-refractivity contribution in [2.75, 3.05) is 17.2 Å². The molecule has 0 spiro atoms. The number of anilines is 2. The molecule has 0 aliphatic heterocycles. The molecule has 164 valence electrons. The molecule has 0 fully saturated rings. The van der Waals surface area contributed by atoms with Crippen LogP contribution in [0.5, 0.6) is 0 Å². The van der Waals surface area contributed by atoms with E-state index >= 15 is 0 Å². The molecule has 0 atom stereocenters. The van der Waals surface area contributed by atoms with Crippen LogP contribution in [0.2, 0.25) is 0 Å². The lowest BCUT2D eigenvalue weighted by Gasteiger charge is -2.19. The number of hydrogen-bond donors (Lipinski definition) is 3. The van der Waals surface area contributed by atoms with Crippen LogP contribution in [0.15, 0.2) is 54.6 Å². The van der Waals surface area contributed by atoms with Gasteiger partial charge in [-0.05, 0) is 68.8 Å². The summed E-state index contributed by atoms with van der Waals surface area (Å²) in [5.41, 5.74) is 1.22. The summed E-state index contributed by atoms with van der Waals surface area (Å²) < 4.78 is 18.0. The lowest BCUT2D eigenvalue weighted by molar-refractivity contribution is -0.116. The maximum Gasteiger partial charge on any atom is 0.407 e. The van der Waals surface area contributed by atoms with Crippen LogP contribution in [0, 0.1) is 5.82 Å². The minimum Gasteiger partial charge on any atom is -0.444 e. The van der Waals surface area contributed by atoms with Crippen molar-refractivity contribution in [2.45, 2.75) is 32.8 Å². The Hall–Kier alpha value is -3.68. The Kier molecular flexibility index (Phi) is 8.31. The van der Waals surface area contributed by atoms with Gasteiger partial charge in [-0.2, -0.15) is 0 Å². The minimum atomic E-state index is -0.597. The molecule has 0 radical (unpaired) electrons. The van der Waals surface area contributed by atoms with Gasteiger partial charge >= 0.3 is 6.09 Å². The van der Waals surface area contributed by atoms with E-state index in [0.717, 1.165) is 0 Å². The average molecular weight is 427 g/mol. The summed E-state index contributed by atoms with van der Waals surface area (Å²) in [6, 6.07) is 12.4. The van der Waals surface area contributed by atoms with E-state index in [9.17, 15) is 18.8 Å². The number of nitrogens with one attached hydrogen (secondary N) is 3. The van der Waals surface area contributed by atoms with E-state index in [1.807, 2.05) is 0 Å². The molecule has 2 rings (SSSR count). The fourth-order valence-corrected chi connectivity index (χ4v) is 2.38. The molecular weight excluding hydrogens is 401 g/mol. The van der Waals surface area contributed by atoms with Gasteiger partial charge in [-0.25, -0.2) is 9.18 Å². The van der Waals surface area contributed by atoms with Crippen LogP contribution in [0.3, 0.4) is 0 Å². The van der Waals surface area contributed by atoms with E-state index < -0.39 is 11.7 Å². The van der Waals surface area contributed by atoms with E-state index in [-0.39, 0.29) is 30.6 Å². The van der Waals surface area contributed by atoms with Crippen molar-refractivity contribution in [3.05, 3.63) is 66.0 Å². The van der Waals surface area contributed by atoms with Gasteiger partial charge in [-0.3, -0.25) is 9.59 Å². The number of rotatable bonds is 7. The van der Waals surface area contributed by atoms with Crippen LogP contribution in [0.1, 0.15) is 32.8 Å². The summed E-state index contributed by atoms with van der Waals surface area (Å²) in [7, 11) is 0. The van der Waals surface area contributed by atoms with Gasteiger partial charge in [0, 0.05) is 30.4 Å². The molecule has 0 aliphatic carbocycles. The second-order valence-electron chi connectivity index (χ2n) is 7.68. The molecule has 3 amide bonds. The van der Waals surface area contributed by atoms with Gasteiger partial charge < -0.3 is 20.7 Å². The highest BCUT2D eigenvalue weighted by atomic mass is 19.1. The van der Waals surface area contributed by atoms with Gasteiger partial charge in [-0.15, -0.1) is 0 Å². The molecule has 2 aromatic rings. The Morgan fingerprint density at radius 2 is 1.52 bits per heavy atom. The Morgan fingerprint density at radius 3 is 2.10 bits per heavy atom. The van der Waals surface area contributed by atoms with E-state index in [4.69, 9.17) is 4.74 Å². The number of halogens is 1. The molecular formula is C23H26FN3O4. The van der Waals surface area contributed by atoms with Gasteiger partial charge in [0.15, 0.2) is 0 Å². The van der Waals surface area contributed by atoms with Gasteiger partial charge in [-0.1, -0.05) is 12.1 Å². The summed E-state index contributed by atoms with van der Waals surface area (Å²) in [5, 5.41) is 7.92. The second-order valence-corrected chi connectivity index (χ2v) is 7.68. The van der Waals surface area contributed by atoms with Crippen LogP contribution < -0.4 is 16.0 Å². The molecule has 31 heavy (non-hydrogen) atoms. The zero-order chi connectivity index (χ0) is 22.9. The molecule has 0 aliphatic rings. The summed E-state index contributed by atoms with van der Waals surface area (Å²) >= 11 is 0. The van der Waals surface area contributed by atoms with Crippen LogP contribution in [-0.4, -0.2) is 30.1 Å². The van der Waals surface area contributed by atoms with E-state index in [1.54, 1.807) is 63.2 Å². The van der Waals surface area contributed by atoms with E-state index in [2.05, 4.69) is 16.0 Å². The van der Waals surface area contributed by atoms with Crippen LogP contribution in [-0.2, 0) is 14.3 Å². The average Bonchev–Trinajstić information content (AvgIpc) is 2.67. The van der Waals surface area contributed by atoms with Gasteiger partial charge in [0.25, 0.3) is 0 Å². The fourth-order valence-electron chi connectivity index (χ4n) is 2.38. The maximum absolute atomic E-state index is 12.9. The Balaban J connectivity index is 1.75. The largest absolute Gasteiger partial charge is 0.444 e. The highest BCUT2D eigenvalue weighted by Crippen LogP contribution is 2.14. The van der Waals surface area contributed by atoms with Gasteiger partial charge in [0.1, 0.15) is 11.4 Å². The second kappa shape index (κ2) is 10.9. The molecule has 0 saturated heterocycles. The third-order valence-electron chi connectivity index (χ3n) is 3.75. The number of carbonyl (C=O) groups excluding carboxylic acids is 3. The van der Waals surface area contributed by atoms with Crippen molar-refractivity contribution in [1.29, 1.82) is 0 Å². The first-order valence-electron chi connectivity index (χ1n) is 9.72. The third-order valence-corrected chi connectivity index (χ3v) is 3.75. The number of alkyl carbamates (subject to hydrolysis) is 1. The van der Waals surface area contributed by atoms with Crippen molar-refractivity contribution in [1.82, 2.24) is 5.32 Å². The van der Waals surface area contributed by atoms with Gasteiger partial charge in [0.2, 0.25) is 11.8 Å². The molecule has 2 aromatic carbocycles. The normalized spacial score (nSPS) is 11.1. The smallest absolute Gasteiger partial charge is 0.407 e. The number of hydrogen-bond acceptors (Lipinski definition) is 4. The number of ether oxygens (including phenoxy) is 1. The van der Waals surface area contributed by atoms with Crippen molar-refractivity contribution in [2.24, 2.45) is 0 Å². The van der Waals surface area contributed by atoms with Gasteiger partial charge in [0.05, 0.1) is 0 Å². The fraction of sp³-hybridized carbons (Fsp3) is 0.261. The highest BCUT2D eigenvalue weighted by Gasteiger charge is 2.15. The first-order chi connectivity index (χ1) is 14.6. The molecule has 7 nitrogen and oxygen atoms in total. The van der Waals surface area contributed by atoms with E-state index in [0.29, 0.717) is 16.9 Å². The molecule has 0 unspecified atom stereocenters. The number of carbonyl (C=O) groups is 3. The molecule has 3 N–H and O–H groups in total. The third kappa shape index (κ3) is 9.58. The lowest BCUT2D eigenvalue weighted by atomic mass is 10.2. The quantitative estimate of drug-likeness (QED) is 0.573. The zero-order valence-electron chi connectivity index (χ0n) is 17.7. The van der Waals surface area contributed by atoms with Crippen molar-refractivity contribution < 1.29 is 23.5 Å². The molecule has 8 heteroatoms. The van der Waals surface area contributed by atoms with Crippen LogP contribution >= 0.6 is 0 Å². The summed E-state index contributed by atoms with van der Waals surface area (Å²) in [6.45, 7) is 5.42. The van der Waals surface area contributed by atoms with Crippen LogP contribution in [0.25, 0.3) is 6.08 Å². The summed E-state index contributed by atoms with van der Waals surface area (Å²) in [6.07, 6.45) is 2.44.